The normalized spacial score (nSPS) is 26.4. The molecular formula is C17H21NO2. The Labute approximate surface area is 119 Å². The number of rotatable bonds is 4. The second kappa shape index (κ2) is 5.39. The Morgan fingerprint density at radius 2 is 1.95 bits per heavy atom. The van der Waals surface area contributed by atoms with Crippen LogP contribution in [0.2, 0.25) is 0 Å². The van der Waals surface area contributed by atoms with Gasteiger partial charge in [-0.2, -0.15) is 0 Å². The third-order valence-corrected chi connectivity index (χ3v) is 4.48. The second-order valence-electron chi connectivity index (χ2n) is 6.06. The first-order chi connectivity index (χ1) is 9.69. The summed E-state index contributed by atoms with van der Waals surface area (Å²) < 4.78 is 0. The number of imide groups is 1. The lowest BCUT2D eigenvalue weighted by atomic mass is 9.77. The first kappa shape index (κ1) is 13.3. The van der Waals surface area contributed by atoms with E-state index in [-0.39, 0.29) is 23.7 Å². The second-order valence-corrected chi connectivity index (χ2v) is 6.06. The number of nitrogens with one attached hydrogen (secondary N) is 1. The number of carbonyl (C=O) groups excluding carboxylic acids is 2. The Kier molecular flexibility index (Phi) is 3.60. The monoisotopic (exact) mass is 271 g/mol. The van der Waals surface area contributed by atoms with Crippen LogP contribution >= 0.6 is 0 Å². The zero-order valence-electron chi connectivity index (χ0n) is 11.9. The van der Waals surface area contributed by atoms with E-state index in [1.807, 2.05) is 0 Å². The van der Waals surface area contributed by atoms with Gasteiger partial charge in [0, 0.05) is 18.3 Å². The highest BCUT2D eigenvalue weighted by atomic mass is 16.2. The fourth-order valence-electron chi connectivity index (χ4n) is 3.26. The molecule has 2 unspecified atom stereocenters. The number of benzene rings is 1. The largest absolute Gasteiger partial charge is 0.296 e. The summed E-state index contributed by atoms with van der Waals surface area (Å²) in [7, 11) is 0. The predicted octanol–water partition coefficient (Wildman–Crippen LogP) is 3.11. The fraction of sp³-hybridized carbons (Fsp3) is 0.529. The van der Waals surface area contributed by atoms with E-state index in [2.05, 4.69) is 36.5 Å². The Balaban J connectivity index is 1.89. The molecule has 0 aromatic heterocycles. The molecule has 1 aliphatic heterocycles. The quantitative estimate of drug-likeness (QED) is 0.855. The van der Waals surface area contributed by atoms with Crippen LogP contribution in [-0.4, -0.2) is 11.8 Å². The lowest BCUT2D eigenvalue weighted by molar-refractivity contribution is -0.137. The maximum atomic E-state index is 12.1. The molecule has 1 saturated carbocycles. The van der Waals surface area contributed by atoms with Crippen molar-refractivity contribution >= 4 is 11.8 Å². The smallest absolute Gasteiger partial charge is 0.230 e. The molecule has 106 valence electrons. The van der Waals surface area contributed by atoms with Crippen molar-refractivity contribution in [2.75, 3.05) is 0 Å². The van der Waals surface area contributed by atoms with Crippen molar-refractivity contribution in [3.8, 4) is 0 Å². The molecule has 2 atom stereocenters. The molecule has 3 heteroatoms. The van der Waals surface area contributed by atoms with E-state index in [9.17, 15) is 9.59 Å². The highest BCUT2D eigenvalue weighted by molar-refractivity contribution is 5.99. The number of amides is 2. The molecule has 1 saturated heterocycles. The molecular weight excluding hydrogens is 250 g/mol. The first-order valence-electron chi connectivity index (χ1n) is 7.62. The molecule has 3 rings (SSSR count). The van der Waals surface area contributed by atoms with Crippen LogP contribution in [0.1, 0.15) is 62.0 Å². The SMILES string of the molecule is CCCC1C(=O)NC(=O)CC1c1cccc(C2CC2)c1. The van der Waals surface area contributed by atoms with Gasteiger partial charge in [-0.1, -0.05) is 37.6 Å². The molecule has 20 heavy (non-hydrogen) atoms. The zero-order chi connectivity index (χ0) is 14.1. The average Bonchev–Trinajstić information content (AvgIpc) is 3.26. The number of hydrogen-bond acceptors (Lipinski definition) is 2. The standard InChI is InChI=1S/C17H21NO2/c1-2-4-14-15(10-16(19)18-17(14)20)13-6-3-5-12(9-13)11-7-8-11/h3,5-6,9,11,14-15H,2,4,7-8,10H2,1H3,(H,18,19,20). The van der Waals surface area contributed by atoms with Crippen LogP contribution < -0.4 is 5.32 Å². The minimum Gasteiger partial charge on any atom is -0.296 e. The van der Waals surface area contributed by atoms with Crippen molar-refractivity contribution in [1.82, 2.24) is 5.32 Å². The Bertz CT molecular complexity index is 534. The van der Waals surface area contributed by atoms with Crippen LogP contribution in [0.4, 0.5) is 0 Å². The van der Waals surface area contributed by atoms with E-state index in [4.69, 9.17) is 0 Å². The van der Waals surface area contributed by atoms with E-state index < -0.39 is 0 Å². The van der Waals surface area contributed by atoms with Crippen LogP contribution in [0.25, 0.3) is 0 Å². The molecule has 1 N–H and O–H groups in total. The van der Waals surface area contributed by atoms with Gasteiger partial charge < -0.3 is 0 Å². The van der Waals surface area contributed by atoms with Crippen molar-refractivity contribution in [2.45, 2.75) is 50.9 Å². The van der Waals surface area contributed by atoms with Gasteiger partial charge in [0.25, 0.3) is 0 Å². The minimum absolute atomic E-state index is 0.0508. The zero-order valence-corrected chi connectivity index (χ0v) is 11.9. The number of hydrogen-bond donors (Lipinski definition) is 1. The average molecular weight is 271 g/mol. The van der Waals surface area contributed by atoms with Gasteiger partial charge in [-0.3, -0.25) is 14.9 Å². The van der Waals surface area contributed by atoms with Crippen LogP contribution in [0.3, 0.4) is 0 Å². The lowest BCUT2D eigenvalue weighted by Gasteiger charge is -2.30. The van der Waals surface area contributed by atoms with Crippen molar-refractivity contribution in [3.05, 3.63) is 35.4 Å². The Morgan fingerprint density at radius 3 is 2.65 bits per heavy atom. The van der Waals surface area contributed by atoms with E-state index in [1.54, 1.807) is 0 Å². The predicted molar refractivity (Wildman–Crippen MR) is 77.3 cm³/mol. The summed E-state index contributed by atoms with van der Waals surface area (Å²) in [6.07, 6.45) is 4.78. The highest BCUT2D eigenvalue weighted by Gasteiger charge is 2.36. The summed E-state index contributed by atoms with van der Waals surface area (Å²) in [6.45, 7) is 2.08. The number of carbonyl (C=O) groups is 2. The van der Waals surface area contributed by atoms with Gasteiger partial charge in [-0.05, 0) is 36.3 Å². The molecule has 0 spiro atoms. The van der Waals surface area contributed by atoms with Crippen LogP contribution in [0.15, 0.2) is 24.3 Å². The van der Waals surface area contributed by atoms with Gasteiger partial charge >= 0.3 is 0 Å². The van der Waals surface area contributed by atoms with Gasteiger partial charge in [-0.15, -0.1) is 0 Å². The molecule has 1 aromatic rings. The fourth-order valence-corrected chi connectivity index (χ4v) is 3.26. The third-order valence-electron chi connectivity index (χ3n) is 4.48. The third kappa shape index (κ3) is 2.62. The molecule has 1 aliphatic carbocycles. The highest BCUT2D eigenvalue weighted by Crippen LogP contribution is 2.42. The summed E-state index contributed by atoms with van der Waals surface area (Å²) in [4.78, 5) is 23.8. The van der Waals surface area contributed by atoms with Gasteiger partial charge in [-0.25, -0.2) is 0 Å². The van der Waals surface area contributed by atoms with E-state index in [1.165, 1.54) is 18.4 Å². The maximum Gasteiger partial charge on any atom is 0.230 e. The van der Waals surface area contributed by atoms with Crippen molar-refractivity contribution in [1.29, 1.82) is 0 Å². The van der Waals surface area contributed by atoms with E-state index >= 15 is 0 Å². The molecule has 2 amide bonds. The van der Waals surface area contributed by atoms with Gasteiger partial charge in [0.1, 0.15) is 0 Å². The molecule has 0 radical (unpaired) electrons. The van der Waals surface area contributed by atoms with E-state index in [0.29, 0.717) is 12.3 Å². The molecule has 2 aliphatic rings. The summed E-state index contributed by atoms with van der Waals surface area (Å²) in [5.74, 6) is 0.462. The Morgan fingerprint density at radius 1 is 1.20 bits per heavy atom. The summed E-state index contributed by atoms with van der Waals surface area (Å²) in [5.41, 5.74) is 2.53. The van der Waals surface area contributed by atoms with Crippen LogP contribution in [-0.2, 0) is 9.59 Å². The maximum absolute atomic E-state index is 12.1. The molecule has 3 nitrogen and oxygen atoms in total. The summed E-state index contributed by atoms with van der Waals surface area (Å²) >= 11 is 0. The molecule has 2 fully saturated rings. The minimum atomic E-state index is -0.135. The lowest BCUT2D eigenvalue weighted by Crippen LogP contribution is -2.44. The van der Waals surface area contributed by atoms with Crippen LogP contribution in [0.5, 0.6) is 0 Å². The molecule has 0 bridgehead atoms. The Hall–Kier alpha value is -1.64. The summed E-state index contributed by atoms with van der Waals surface area (Å²) in [5, 5.41) is 2.49. The number of piperidine rings is 1. The van der Waals surface area contributed by atoms with Crippen molar-refractivity contribution < 1.29 is 9.59 Å². The molecule has 1 heterocycles. The van der Waals surface area contributed by atoms with Crippen LogP contribution in [0, 0.1) is 5.92 Å². The van der Waals surface area contributed by atoms with Gasteiger partial charge in [0.15, 0.2) is 0 Å². The van der Waals surface area contributed by atoms with Gasteiger partial charge in [0.2, 0.25) is 11.8 Å². The summed E-state index contributed by atoms with van der Waals surface area (Å²) in [6, 6.07) is 8.53. The van der Waals surface area contributed by atoms with E-state index in [0.717, 1.165) is 18.4 Å². The van der Waals surface area contributed by atoms with Gasteiger partial charge in [0.05, 0.1) is 0 Å². The topological polar surface area (TPSA) is 46.2 Å². The van der Waals surface area contributed by atoms with Crippen molar-refractivity contribution in [3.63, 3.8) is 0 Å². The first-order valence-corrected chi connectivity index (χ1v) is 7.62. The van der Waals surface area contributed by atoms with Crippen molar-refractivity contribution in [2.24, 2.45) is 5.92 Å². The molecule has 1 aromatic carbocycles.